The van der Waals surface area contributed by atoms with E-state index in [-0.39, 0.29) is 11.3 Å². The summed E-state index contributed by atoms with van der Waals surface area (Å²) >= 11 is 12.6. The Kier molecular flexibility index (Phi) is 7.90. The van der Waals surface area contributed by atoms with Gasteiger partial charge in [-0.1, -0.05) is 43.1 Å². The van der Waals surface area contributed by atoms with Crippen molar-refractivity contribution in [1.29, 1.82) is 0 Å². The topological polar surface area (TPSA) is 72.3 Å². The minimum atomic E-state index is -0.295. The summed E-state index contributed by atoms with van der Waals surface area (Å²) in [7, 11) is 1.69. The highest BCUT2D eigenvalue weighted by atomic mass is 35.5. The predicted octanol–water partition coefficient (Wildman–Crippen LogP) is 5.77. The maximum absolute atomic E-state index is 13.1. The minimum absolute atomic E-state index is 0.190. The molecule has 2 heterocycles. The molecular formula is C26H27Cl2N5O2. The van der Waals surface area contributed by atoms with E-state index >= 15 is 0 Å². The number of fused-ring (bicyclic) bond motifs is 1. The van der Waals surface area contributed by atoms with Crippen molar-refractivity contribution in [1.82, 2.24) is 19.4 Å². The second kappa shape index (κ2) is 11.1. The summed E-state index contributed by atoms with van der Waals surface area (Å²) in [5.41, 5.74) is 2.35. The molecule has 0 saturated carbocycles. The van der Waals surface area contributed by atoms with Crippen LogP contribution in [0.4, 0.5) is 11.5 Å². The Morgan fingerprint density at radius 2 is 1.74 bits per heavy atom. The van der Waals surface area contributed by atoms with Gasteiger partial charge in [0.2, 0.25) is 0 Å². The van der Waals surface area contributed by atoms with Crippen LogP contribution in [0.25, 0.3) is 22.3 Å². The molecule has 1 N–H and O–H groups in total. The molecule has 0 radical (unpaired) electrons. The van der Waals surface area contributed by atoms with Crippen LogP contribution in [0, 0.1) is 0 Å². The third-order valence-electron chi connectivity index (χ3n) is 5.86. The van der Waals surface area contributed by atoms with Crippen LogP contribution in [0.15, 0.2) is 59.5 Å². The summed E-state index contributed by atoms with van der Waals surface area (Å²) in [5.74, 6) is 1.40. The SMILES string of the molecule is CCN(CC)CCOc1ccc(Nc2cc3c(cn2)nc(-c2c(Cl)cccc2Cl)c(=O)n3C)cc1. The van der Waals surface area contributed by atoms with E-state index in [1.165, 1.54) is 4.57 Å². The fraction of sp³-hybridized carbons (Fsp3) is 0.269. The average molecular weight is 512 g/mol. The molecule has 0 saturated heterocycles. The summed E-state index contributed by atoms with van der Waals surface area (Å²) < 4.78 is 7.37. The molecule has 2 aromatic carbocycles. The number of ether oxygens (including phenoxy) is 1. The van der Waals surface area contributed by atoms with Crippen molar-refractivity contribution in [3.63, 3.8) is 0 Å². The number of aryl methyl sites for hydroxylation is 1. The number of nitrogens with one attached hydrogen (secondary N) is 1. The Bertz CT molecular complexity index is 1370. The van der Waals surface area contributed by atoms with Gasteiger partial charge in [-0.25, -0.2) is 9.97 Å². The molecule has 182 valence electrons. The first-order valence-corrected chi connectivity index (χ1v) is 12.2. The predicted molar refractivity (Wildman–Crippen MR) is 143 cm³/mol. The number of pyridine rings is 1. The highest BCUT2D eigenvalue weighted by Gasteiger charge is 2.17. The Morgan fingerprint density at radius 1 is 1.06 bits per heavy atom. The Morgan fingerprint density at radius 3 is 2.40 bits per heavy atom. The Hall–Kier alpha value is -3.13. The molecule has 0 amide bonds. The standard InChI is InChI=1S/C26H27Cl2N5O2/c1-4-33(5-2)13-14-35-18-11-9-17(10-12-18)30-23-15-22-21(16-29-23)31-25(26(34)32(22)3)24-19(27)7-6-8-20(24)28/h6-12,15-16H,4-5,13-14H2,1-3H3,(H,29,30). The molecule has 0 unspecified atom stereocenters. The van der Waals surface area contributed by atoms with Crippen molar-refractivity contribution in [2.45, 2.75) is 13.8 Å². The van der Waals surface area contributed by atoms with Gasteiger partial charge < -0.3 is 19.5 Å². The molecule has 0 atom stereocenters. The number of hydrogen-bond acceptors (Lipinski definition) is 6. The quantitative estimate of drug-likeness (QED) is 0.307. The van der Waals surface area contributed by atoms with Crippen molar-refractivity contribution in [3.8, 4) is 17.0 Å². The van der Waals surface area contributed by atoms with Gasteiger partial charge in [-0.2, -0.15) is 0 Å². The van der Waals surface area contributed by atoms with E-state index in [2.05, 4.69) is 34.0 Å². The number of hydrogen-bond donors (Lipinski definition) is 1. The molecule has 35 heavy (non-hydrogen) atoms. The second-order valence-electron chi connectivity index (χ2n) is 8.00. The first kappa shape index (κ1) is 25.0. The maximum Gasteiger partial charge on any atom is 0.277 e. The lowest BCUT2D eigenvalue weighted by atomic mass is 10.1. The third kappa shape index (κ3) is 5.59. The van der Waals surface area contributed by atoms with Gasteiger partial charge in [-0.3, -0.25) is 4.79 Å². The van der Waals surface area contributed by atoms with E-state index < -0.39 is 0 Å². The summed E-state index contributed by atoms with van der Waals surface area (Å²) in [6.45, 7) is 7.85. The smallest absolute Gasteiger partial charge is 0.277 e. The van der Waals surface area contributed by atoms with Gasteiger partial charge in [-0.15, -0.1) is 0 Å². The minimum Gasteiger partial charge on any atom is -0.492 e. The van der Waals surface area contributed by atoms with Gasteiger partial charge >= 0.3 is 0 Å². The number of anilines is 2. The zero-order valence-corrected chi connectivity index (χ0v) is 21.4. The van der Waals surface area contributed by atoms with Gasteiger partial charge in [0.25, 0.3) is 5.56 Å². The first-order chi connectivity index (χ1) is 16.9. The molecule has 4 rings (SSSR count). The van der Waals surface area contributed by atoms with Crippen LogP contribution >= 0.6 is 23.2 Å². The summed E-state index contributed by atoms with van der Waals surface area (Å²) in [5, 5.41) is 4.00. The molecule has 0 bridgehead atoms. The number of nitrogens with zero attached hydrogens (tertiary/aromatic N) is 4. The van der Waals surface area contributed by atoms with Gasteiger partial charge in [0.05, 0.1) is 21.8 Å². The largest absolute Gasteiger partial charge is 0.492 e. The van der Waals surface area contributed by atoms with Crippen molar-refractivity contribution in [2.75, 3.05) is 31.6 Å². The maximum atomic E-state index is 13.1. The molecule has 0 fully saturated rings. The zero-order chi connectivity index (χ0) is 24.9. The Balaban J connectivity index is 1.53. The van der Waals surface area contributed by atoms with Crippen LogP contribution in [-0.4, -0.2) is 45.7 Å². The summed E-state index contributed by atoms with van der Waals surface area (Å²) in [6.07, 6.45) is 1.62. The second-order valence-corrected chi connectivity index (χ2v) is 8.82. The average Bonchev–Trinajstić information content (AvgIpc) is 2.86. The molecule has 0 aliphatic heterocycles. The monoisotopic (exact) mass is 511 g/mol. The highest BCUT2D eigenvalue weighted by Crippen LogP contribution is 2.32. The van der Waals surface area contributed by atoms with Crippen LogP contribution in [0.1, 0.15) is 13.8 Å². The number of rotatable bonds is 9. The van der Waals surface area contributed by atoms with E-state index in [1.807, 2.05) is 24.3 Å². The van der Waals surface area contributed by atoms with E-state index in [0.29, 0.717) is 39.1 Å². The highest BCUT2D eigenvalue weighted by molar-refractivity contribution is 6.39. The number of likely N-dealkylation sites (N-methyl/N-ethyl adjacent to an activating group) is 1. The van der Waals surface area contributed by atoms with E-state index in [0.717, 1.165) is 31.1 Å². The lowest BCUT2D eigenvalue weighted by Gasteiger charge is -2.18. The molecule has 2 aromatic heterocycles. The van der Waals surface area contributed by atoms with Crippen molar-refractivity contribution >= 4 is 45.7 Å². The number of aromatic nitrogens is 3. The lowest BCUT2D eigenvalue weighted by Crippen LogP contribution is -2.27. The van der Waals surface area contributed by atoms with E-state index in [4.69, 9.17) is 27.9 Å². The van der Waals surface area contributed by atoms with Crippen molar-refractivity contribution in [2.24, 2.45) is 7.05 Å². The molecule has 0 aliphatic carbocycles. The van der Waals surface area contributed by atoms with Gasteiger partial charge in [0, 0.05) is 30.9 Å². The molecule has 9 heteroatoms. The Labute approximate surface area is 214 Å². The van der Waals surface area contributed by atoms with Crippen LogP contribution in [0.3, 0.4) is 0 Å². The first-order valence-electron chi connectivity index (χ1n) is 11.4. The molecular weight excluding hydrogens is 485 g/mol. The van der Waals surface area contributed by atoms with Crippen molar-refractivity contribution < 1.29 is 4.74 Å². The third-order valence-corrected chi connectivity index (χ3v) is 6.49. The fourth-order valence-corrected chi connectivity index (χ4v) is 4.38. The number of halogens is 2. The fourth-order valence-electron chi connectivity index (χ4n) is 3.80. The van der Waals surface area contributed by atoms with Gasteiger partial charge in [0.1, 0.15) is 29.4 Å². The molecule has 0 aliphatic rings. The van der Waals surface area contributed by atoms with Crippen LogP contribution in [-0.2, 0) is 7.05 Å². The van der Waals surface area contributed by atoms with Gasteiger partial charge in [-0.05, 0) is 49.5 Å². The van der Waals surface area contributed by atoms with E-state index in [1.54, 1.807) is 37.5 Å². The molecule has 7 nitrogen and oxygen atoms in total. The van der Waals surface area contributed by atoms with Crippen molar-refractivity contribution in [3.05, 3.63) is 75.1 Å². The van der Waals surface area contributed by atoms with Gasteiger partial charge in [0.15, 0.2) is 0 Å². The van der Waals surface area contributed by atoms with Crippen LogP contribution < -0.4 is 15.6 Å². The van der Waals surface area contributed by atoms with E-state index in [9.17, 15) is 4.79 Å². The zero-order valence-electron chi connectivity index (χ0n) is 19.9. The van der Waals surface area contributed by atoms with Crippen LogP contribution in [0.2, 0.25) is 10.0 Å². The lowest BCUT2D eigenvalue weighted by molar-refractivity contribution is 0.223. The molecule has 4 aromatic rings. The summed E-state index contributed by atoms with van der Waals surface area (Å²) in [6, 6.07) is 14.6. The number of benzene rings is 2. The normalized spacial score (nSPS) is 11.3. The summed E-state index contributed by atoms with van der Waals surface area (Å²) in [4.78, 5) is 24.4. The van der Waals surface area contributed by atoms with Crippen LogP contribution in [0.5, 0.6) is 5.75 Å². The molecule has 0 spiro atoms.